The summed E-state index contributed by atoms with van der Waals surface area (Å²) in [4.78, 5) is 37.6. The van der Waals surface area contributed by atoms with E-state index in [1.807, 2.05) is 26.0 Å². The van der Waals surface area contributed by atoms with Crippen molar-refractivity contribution in [3.8, 4) is 5.75 Å². The number of hydrogen-bond donors (Lipinski definition) is 2. The first-order valence-corrected chi connectivity index (χ1v) is 8.82. The molecule has 7 nitrogen and oxygen atoms in total. The van der Waals surface area contributed by atoms with Crippen LogP contribution >= 0.6 is 0 Å². The van der Waals surface area contributed by atoms with E-state index in [4.69, 9.17) is 4.74 Å². The molecule has 0 aromatic heterocycles. The maximum absolute atomic E-state index is 12.4. The van der Waals surface area contributed by atoms with Gasteiger partial charge in [-0.05, 0) is 31.0 Å². The van der Waals surface area contributed by atoms with Crippen LogP contribution in [0.3, 0.4) is 0 Å². The number of aliphatic carboxylic acids is 1. The molecule has 2 amide bonds. The summed E-state index contributed by atoms with van der Waals surface area (Å²) in [6.45, 7) is 4.17. The average molecular weight is 362 g/mol. The summed E-state index contributed by atoms with van der Waals surface area (Å²) in [5.74, 6) is -1.86. The summed E-state index contributed by atoms with van der Waals surface area (Å²) in [5.41, 5.74) is 1.65. The Morgan fingerprint density at radius 2 is 2.15 bits per heavy atom. The van der Waals surface area contributed by atoms with E-state index in [-0.39, 0.29) is 31.3 Å². The third-order valence-electron chi connectivity index (χ3n) is 4.63. The van der Waals surface area contributed by atoms with Crippen LogP contribution in [0.2, 0.25) is 0 Å². The number of carboxylic acids is 1. The Kier molecular flexibility index (Phi) is 6.60. The minimum absolute atomic E-state index is 0.0838. The van der Waals surface area contributed by atoms with E-state index in [2.05, 4.69) is 5.32 Å². The van der Waals surface area contributed by atoms with Crippen molar-refractivity contribution in [1.29, 1.82) is 0 Å². The summed E-state index contributed by atoms with van der Waals surface area (Å²) in [5, 5.41) is 11.9. The Morgan fingerprint density at radius 1 is 1.42 bits per heavy atom. The summed E-state index contributed by atoms with van der Waals surface area (Å²) >= 11 is 0. The first kappa shape index (κ1) is 19.8. The number of benzene rings is 1. The molecule has 1 fully saturated rings. The van der Waals surface area contributed by atoms with Crippen LogP contribution in [0.5, 0.6) is 5.75 Å². The molecule has 1 heterocycles. The quantitative estimate of drug-likeness (QED) is 0.737. The van der Waals surface area contributed by atoms with E-state index in [1.54, 1.807) is 18.1 Å². The second-order valence-electron chi connectivity index (χ2n) is 6.65. The Morgan fingerprint density at radius 3 is 2.77 bits per heavy atom. The highest BCUT2D eigenvalue weighted by Crippen LogP contribution is 2.33. The number of aryl methyl sites for hydroxylation is 1. The number of rotatable bonds is 8. The van der Waals surface area contributed by atoms with Crippen LogP contribution in [0.4, 0.5) is 5.69 Å². The van der Waals surface area contributed by atoms with Gasteiger partial charge in [0.1, 0.15) is 5.75 Å². The number of carboxylic acid groups (broad SMARTS) is 1. The van der Waals surface area contributed by atoms with Crippen molar-refractivity contribution in [2.75, 3.05) is 25.1 Å². The molecule has 1 aromatic carbocycles. The monoisotopic (exact) mass is 362 g/mol. The number of methoxy groups -OCH3 is 1. The highest BCUT2D eigenvalue weighted by atomic mass is 16.5. The first-order chi connectivity index (χ1) is 12.4. The van der Waals surface area contributed by atoms with Gasteiger partial charge < -0.3 is 20.1 Å². The van der Waals surface area contributed by atoms with Crippen molar-refractivity contribution >= 4 is 23.5 Å². The molecule has 2 N–H and O–H groups in total. The molecule has 142 valence electrons. The van der Waals surface area contributed by atoms with Crippen LogP contribution < -0.4 is 15.0 Å². The molecular formula is C19H26N2O5. The normalized spacial score (nSPS) is 17.9. The van der Waals surface area contributed by atoms with Crippen LogP contribution in [0, 0.1) is 18.8 Å². The van der Waals surface area contributed by atoms with Crippen molar-refractivity contribution < 1.29 is 24.2 Å². The molecule has 0 spiro atoms. The fourth-order valence-electron chi connectivity index (χ4n) is 3.16. The summed E-state index contributed by atoms with van der Waals surface area (Å²) in [6, 6.07) is 5.55. The van der Waals surface area contributed by atoms with E-state index < -0.39 is 17.8 Å². The molecule has 1 aromatic rings. The molecule has 0 saturated carbocycles. The molecule has 0 radical (unpaired) electrons. The van der Waals surface area contributed by atoms with Crippen LogP contribution in [0.25, 0.3) is 0 Å². The highest BCUT2D eigenvalue weighted by molar-refractivity contribution is 6.01. The van der Waals surface area contributed by atoms with Gasteiger partial charge in [-0.1, -0.05) is 19.4 Å². The molecular weight excluding hydrogens is 336 g/mol. The molecule has 7 heteroatoms. The van der Waals surface area contributed by atoms with Gasteiger partial charge in [0.05, 0.1) is 24.6 Å². The average Bonchev–Trinajstić information content (AvgIpc) is 2.99. The zero-order valence-corrected chi connectivity index (χ0v) is 15.4. The molecule has 1 aliphatic rings. The van der Waals surface area contributed by atoms with E-state index in [0.717, 1.165) is 12.0 Å². The van der Waals surface area contributed by atoms with Gasteiger partial charge >= 0.3 is 5.97 Å². The van der Waals surface area contributed by atoms with Gasteiger partial charge in [-0.3, -0.25) is 14.4 Å². The zero-order chi connectivity index (χ0) is 19.3. The molecule has 2 unspecified atom stereocenters. The minimum atomic E-state index is -0.916. The second kappa shape index (κ2) is 8.69. The molecule has 2 rings (SSSR count). The SMILES string of the molecule is CCCC(CNC(=O)C1CC(=O)N(c2cc(C)ccc2OC)C1)C(=O)O. The maximum atomic E-state index is 12.4. The number of nitrogens with zero attached hydrogens (tertiary/aromatic N) is 1. The third-order valence-corrected chi connectivity index (χ3v) is 4.63. The van der Waals surface area contributed by atoms with Gasteiger partial charge in [0.15, 0.2) is 0 Å². The smallest absolute Gasteiger partial charge is 0.308 e. The van der Waals surface area contributed by atoms with Gasteiger partial charge in [-0.25, -0.2) is 0 Å². The van der Waals surface area contributed by atoms with E-state index in [9.17, 15) is 19.5 Å². The number of ether oxygens (including phenoxy) is 1. The predicted octanol–water partition coefficient (Wildman–Crippen LogP) is 1.97. The highest BCUT2D eigenvalue weighted by Gasteiger charge is 2.36. The van der Waals surface area contributed by atoms with Crippen molar-refractivity contribution in [3.05, 3.63) is 23.8 Å². The van der Waals surface area contributed by atoms with Crippen LogP contribution in [0.15, 0.2) is 18.2 Å². The molecule has 1 saturated heterocycles. The second-order valence-corrected chi connectivity index (χ2v) is 6.65. The van der Waals surface area contributed by atoms with Gasteiger partial charge in [0.2, 0.25) is 11.8 Å². The zero-order valence-electron chi connectivity index (χ0n) is 15.4. The third kappa shape index (κ3) is 4.53. The number of nitrogens with one attached hydrogen (secondary N) is 1. The molecule has 0 bridgehead atoms. The Balaban J connectivity index is 2.04. The van der Waals surface area contributed by atoms with Gasteiger partial charge in [-0.15, -0.1) is 0 Å². The first-order valence-electron chi connectivity index (χ1n) is 8.82. The van der Waals surface area contributed by atoms with Crippen LogP contribution in [0.1, 0.15) is 31.7 Å². The van der Waals surface area contributed by atoms with Crippen LogP contribution in [-0.2, 0) is 14.4 Å². The van der Waals surface area contributed by atoms with E-state index in [1.165, 1.54) is 0 Å². The topological polar surface area (TPSA) is 95.9 Å². The van der Waals surface area contributed by atoms with E-state index in [0.29, 0.717) is 17.9 Å². The lowest BCUT2D eigenvalue weighted by molar-refractivity contribution is -0.142. The lowest BCUT2D eigenvalue weighted by Crippen LogP contribution is -2.37. The molecule has 1 aliphatic heterocycles. The summed E-state index contributed by atoms with van der Waals surface area (Å²) in [7, 11) is 1.54. The fourth-order valence-corrected chi connectivity index (χ4v) is 3.16. The Labute approximate surface area is 153 Å². The predicted molar refractivity (Wildman–Crippen MR) is 97.2 cm³/mol. The number of hydrogen-bond acceptors (Lipinski definition) is 4. The van der Waals surface area contributed by atoms with Gasteiger partial charge in [0, 0.05) is 19.5 Å². The molecule has 0 aliphatic carbocycles. The fraction of sp³-hybridized carbons (Fsp3) is 0.526. The van der Waals surface area contributed by atoms with E-state index >= 15 is 0 Å². The van der Waals surface area contributed by atoms with Crippen molar-refractivity contribution in [2.45, 2.75) is 33.1 Å². The summed E-state index contributed by atoms with van der Waals surface area (Å²) < 4.78 is 5.33. The number of anilines is 1. The Bertz CT molecular complexity index is 689. The van der Waals surface area contributed by atoms with Crippen LogP contribution in [-0.4, -0.2) is 43.1 Å². The molecule has 26 heavy (non-hydrogen) atoms. The standard InChI is InChI=1S/C19H26N2O5/c1-4-5-13(19(24)25)10-20-18(23)14-9-17(22)21(11-14)15-8-12(2)6-7-16(15)26-3/h6-8,13-14H,4-5,9-11H2,1-3H3,(H,20,23)(H,24,25). The van der Waals surface area contributed by atoms with Gasteiger partial charge in [0.25, 0.3) is 0 Å². The number of carbonyl (C=O) groups is 3. The number of amides is 2. The Hall–Kier alpha value is -2.57. The summed E-state index contributed by atoms with van der Waals surface area (Å²) in [6.07, 6.45) is 1.34. The van der Waals surface area contributed by atoms with Crippen molar-refractivity contribution in [2.24, 2.45) is 11.8 Å². The molecule has 2 atom stereocenters. The van der Waals surface area contributed by atoms with Gasteiger partial charge in [-0.2, -0.15) is 0 Å². The lowest BCUT2D eigenvalue weighted by Gasteiger charge is -2.20. The van der Waals surface area contributed by atoms with Crippen molar-refractivity contribution in [1.82, 2.24) is 5.32 Å². The van der Waals surface area contributed by atoms with Crippen molar-refractivity contribution in [3.63, 3.8) is 0 Å². The lowest BCUT2D eigenvalue weighted by atomic mass is 10.0. The maximum Gasteiger partial charge on any atom is 0.308 e. The number of carbonyl (C=O) groups excluding carboxylic acids is 2. The minimum Gasteiger partial charge on any atom is -0.495 e. The largest absolute Gasteiger partial charge is 0.495 e.